The number of aromatic nitrogens is 2. The highest BCUT2D eigenvalue weighted by Gasteiger charge is 2.38. The van der Waals surface area contributed by atoms with Gasteiger partial charge in [0.05, 0.1) is 5.92 Å². The number of rotatable bonds is 3. The second-order valence-corrected chi connectivity index (χ2v) is 4.88. The molecule has 1 fully saturated rings. The van der Waals surface area contributed by atoms with Gasteiger partial charge in [-0.2, -0.15) is 0 Å². The Morgan fingerprint density at radius 3 is 2.33 bits per heavy atom. The lowest BCUT2D eigenvalue weighted by molar-refractivity contribution is -0.127. The van der Waals surface area contributed by atoms with Crippen LogP contribution in [-0.4, -0.2) is 42.3 Å². The molecule has 1 aromatic rings. The van der Waals surface area contributed by atoms with Crippen LogP contribution in [0.1, 0.15) is 25.2 Å². The molecule has 0 saturated carbocycles. The van der Waals surface area contributed by atoms with Crippen LogP contribution in [-0.2, 0) is 9.59 Å². The van der Waals surface area contributed by atoms with E-state index < -0.39 is 0 Å². The summed E-state index contributed by atoms with van der Waals surface area (Å²) < 4.78 is 0. The number of nitrogens with zero attached hydrogens (tertiary/aromatic N) is 3. The maximum atomic E-state index is 11.8. The molecule has 0 spiro atoms. The van der Waals surface area contributed by atoms with Crippen molar-refractivity contribution in [3.8, 4) is 0 Å². The van der Waals surface area contributed by atoms with E-state index in [4.69, 9.17) is 0 Å². The third-order valence-electron chi connectivity index (χ3n) is 3.38. The van der Waals surface area contributed by atoms with Gasteiger partial charge in [-0.15, -0.1) is 0 Å². The van der Waals surface area contributed by atoms with Crippen molar-refractivity contribution in [2.24, 2.45) is 11.8 Å². The maximum Gasteiger partial charge on any atom is 0.225 e. The first-order valence-electron chi connectivity index (χ1n) is 7.29. The van der Waals surface area contributed by atoms with E-state index in [0.717, 1.165) is 17.7 Å². The highest BCUT2D eigenvalue weighted by Crippen LogP contribution is 2.25. The fourth-order valence-corrected chi connectivity index (χ4v) is 2.44. The van der Waals surface area contributed by atoms with Crippen LogP contribution in [0.2, 0.25) is 0 Å². The summed E-state index contributed by atoms with van der Waals surface area (Å²) in [6.45, 7) is 8.78. The van der Waals surface area contributed by atoms with E-state index in [2.05, 4.69) is 15.3 Å². The molecule has 2 heterocycles. The minimum atomic E-state index is -0.327. The molecule has 1 aliphatic rings. The fourth-order valence-electron chi connectivity index (χ4n) is 2.44. The SMILES string of the molecule is CC.CNC(=O)C1CN(c2nc(C)cc(C)n2)CC1C=O. The standard InChI is InChI=1S/C13H18N4O2.C2H6/c1-8-4-9(2)16-13(15-8)17-5-10(7-18)11(6-17)12(19)14-3;1-2/h4,7,10-11H,5-6H2,1-3H3,(H,14,19);1-2H3. The minimum Gasteiger partial charge on any atom is -0.359 e. The summed E-state index contributed by atoms with van der Waals surface area (Å²) >= 11 is 0. The third-order valence-corrected chi connectivity index (χ3v) is 3.38. The van der Waals surface area contributed by atoms with Crippen molar-refractivity contribution in [3.05, 3.63) is 17.5 Å². The number of aryl methyl sites for hydroxylation is 2. The topological polar surface area (TPSA) is 75.2 Å². The Bertz CT molecular complexity index is 484. The van der Waals surface area contributed by atoms with Crippen LogP contribution in [0, 0.1) is 25.7 Å². The molecule has 0 aromatic carbocycles. The number of nitrogens with one attached hydrogen (secondary N) is 1. The molecular formula is C15H24N4O2. The molecule has 0 aliphatic carbocycles. The first-order chi connectivity index (χ1) is 10.0. The van der Waals surface area contributed by atoms with Crippen molar-refractivity contribution in [2.45, 2.75) is 27.7 Å². The molecule has 6 heteroatoms. The van der Waals surface area contributed by atoms with E-state index >= 15 is 0 Å². The molecule has 21 heavy (non-hydrogen) atoms. The zero-order valence-corrected chi connectivity index (χ0v) is 13.4. The highest BCUT2D eigenvalue weighted by molar-refractivity contribution is 5.83. The lowest BCUT2D eigenvalue weighted by Gasteiger charge is -2.16. The van der Waals surface area contributed by atoms with Crippen LogP contribution in [0.4, 0.5) is 5.95 Å². The first kappa shape index (κ1) is 17.1. The van der Waals surface area contributed by atoms with Gasteiger partial charge in [0, 0.05) is 37.4 Å². The number of carbonyl (C=O) groups is 2. The van der Waals surface area contributed by atoms with E-state index in [1.807, 2.05) is 38.7 Å². The maximum absolute atomic E-state index is 11.8. The van der Waals surface area contributed by atoms with Crippen molar-refractivity contribution >= 4 is 18.1 Å². The predicted octanol–water partition coefficient (Wildman–Crippen LogP) is 1.12. The van der Waals surface area contributed by atoms with Crippen LogP contribution < -0.4 is 10.2 Å². The Balaban J connectivity index is 0.00000106. The van der Waals surface area contributed by atoms with Gasteiger partial charge < -0.3 is 15.0 Å². The smallest absolute Gasteiger partial charge is 0.225 e. The molecule has 1 aromatic heterocycles. The number of hydrogen-bond acceptors (Lipinski definition) is 5. The zero-order chi connectivity index (χ0) is 16.0. The normalized spacial score (nSPS) is 20.5. The van der Waals surface area contributed by atoms with E-state index in [-0.39, 0.29) is 17.7 Å². The summed E-state index contributed by atoms with van der Waals surface area (Å²) in [5, 5.41) is 2.60. The molecule has 2 atom stereocenters. The summed E-state index contributed by atoms with van der Waals surface area (Å²) in [5.41, 5.74) is 1.77. The molecule has 0 bridgehead atoms. The number of anilines is 1. The van der Waals surface area contributed by atoms with Gasteiger partial charge in [0.25, 0.3) is 0 Å². The van der Waals surface area contributed by atoms with E-state index in [9.17, 15) is 9.59 Å². The number of carbonyl (C=O) groups excluding carboxylic acids is 2. The van der Waals surface area contributed by atoms with E-state index in [1.54, 1.807) is 7.05 Å². The number of aldehydes is 1. The van der Waals surface area contributed by atoms with Crippen LogP contribution in [0.5, 0.6) is 0 Å². The molecule has 2 unspecified atom stereocenters. The van der Waals surface area contributed by atoms with Gasteiger partial charge in [0.1, 0.15) is 6.29 Å². The molecule has 0 radical (unpaired) electrons. The summed E-state index contributed by atoms with van der Waals surface area (Å²) in [7, 11) is 1.58. The molecule has 1 aliphatic heterocycles. The van der Waals surface area contributed by atoms with Crippen molar-refractivity contribution in [1.29, 1.82) is 0 Å². The molecule has 6 nitrogen and oxygen atoms in total. The summed E-state index contributed by atoms with van der Waals surface area (Å²) in [5.74, 6) is -0.143. The summed E-state index contributed by atoms with van der Waals surface area (Å²) in [4.78, 5) is 33.5. The zero-order valence-electron chi connectivity index (χ0n) is 13.4. The molecule has 116 valence electrons. The van der Waals surface area contributed by atoms with Crippen molar-refractivity contribution < 1.29 is 9.59 Å². The molecule has 2 rings (SSSR count). The third kappa shape index (κ3) is 4.00. The first-order valence-corrected chi connectivity index (χ1v) is 7.29. The second-order valence-electron chi connectivity index (χ2n) is 4.88. The quantitative estimate of drug-likeness (QED) is 0.845. The van der Waals surface area contributed by atoms with Crippen LogP contribution in [0.15, 0.2) is 6.07 Å². The fraction of sp³-hybridized carbons (Fsp3) is 0.600. The lowest BCUT2D eigenvalue weighted by Crippen LogP contribution is -2.33. The van der Waals surface area contributed by atoms with Gasteiger partial charge in [0.15, 0.2) is 0 Å². The van der Waals surface area contributed by atoms with Gasteiger partial charge >= 0.3 is 0 Å². The van der Waals surface area contributed by atoms with Gasteiger partial charge in [-0.3, -0.25) is 4.79 Å². The van der Waals surface area contributed by atoms with Gasteiger partial charge in [0.2, 0.25) is 11.9 Å². The van der Waals surface area contributed by atoms with E-state index in [0.29, 0.717) is 19.0 Å². The van der Waals surface area contributed by atoms with E-state index in [1.165, 1.54) is 0 Å². The molecule has 1 amide bonds. The second kappa shape index (κ2) is 7.71. The average molecular weight is 292 g/mol. The monoisotopic (exact) mass is 292 g/mol. The van der Waals surface area contributed by atoms with Crippen molar-refractivity contribution in [3.63, 3.8) is 0 Å². The Kier molecular flexibility index (Phi) is 6.27. The highest BCUT2D eigenvalue weighted by atomic mass is 16.2. The average Bonchev–Trinajstić information content (AvgIpc) is 2.92. The van der Waals surface area contributed by atoms with Crippen molar-refractivity contribution in [2.75, 3.05) is 25.0 Å². The van der Waals surface area contributed by atoms with Crippen LogP contribution in [0.3, 0.4) is 0 Å². The lowest BCUT2D eigenvalue weighted by atomic mass is 9.97. The minimum absolute atomic E-state index is 0.107. The predicted molar refractivity (Wildman–Crippen MR) is 82.2 cm³/mol. The molecular weight excluding hydrogens is 268 g/mol. The summed E-state index contributed by atoms with van der Waals surface area (Å²) in [6.07, 6.45) is 0.850. The van der Waals surface area contributed by atoms with Crippen molar-refractivity contribution in [1.82, 2.24) is 15.3 Å². The van der Waals surface area contributed by atoms with Crippen LogP contribution >= 0.6 is 0 Å². The van der Waals surface area contributed by atoms with Gasteiger partial charge in [-0.1, -0.05) is 13.8 Å². The Hall–Kier alpha value is -1.98. The Morgan fingerprint density at radius 1 is 1.29 bits per heavy atom. The Labute approximate surface area is 126 Å². The summed E-state index contributed by atoms with van der Waals surface area (Å²) in [6, 6.07) is 1.90. The van der Waals surface area contributed by atoms with Crippen LogP contribution in [0.25, 0.3) is 0 Å². The van der Waals surface area contributed by atoms with Gasteiger partial charge in [-0.25, -0.2) is 9.97 Å². The van der Waals surface area contributed by atoms with Gasteiger partial charge in [-0.05, 0) is 19.9 Å². The molecule has 1 saturated heterocycles. The Morgan fingerprint density at radius 2 is 1.86 bits per heavy atom. The number of amides is 1. The largest absolute Gasteiger partial charge is 0.359 e. The number of hydrogen-bond donors (Lipinski definition) is 1. The molecule has 1 N–H and O–H groups in total.